The summed E-state index contributed by atoms with van der Waals surface area (Å²) in [4.78, 5) is 37.7. The number of ether oxygens (including phenoxy) is 1. The molecule has 1 heterocycles. The molecule has 6 N–H and O–H groups in total. The molecule has 0 saturated carbocycles. The molecule has 1 saturated heterocycles. The summed E-state index contributed by atoms with van der Waals surface area (Å²) in [6.07, 6.45) is 0.980. The maximum atomic E-state index is 12.2. The molecule has 0 spiro atoms. The van der Waals surface area contributed by atoms with Gasteiger partial charge in [0, 0.05) is 31.2 Å². The van der Waals surface area contributed by atoms with Crippen molar-refractivity contribution >= 4 is 36.2 Å². The van der Waals surface area contributed by atoms with Gasteiger partial charge < -0.3 is 31.3 Å². The van der Waals surface area contributed by atoms with Crippen LogP contribution in [0.5, 0.6) is 0 Å². The lowest BCUT2D eigenvalue weighted by atomic mass is 10.1. The van der Waals surface area contributed by atoms with Crippen molar-refractivity contribution < 1.29 is 19.1 Å². The predicted octanol–water partition coefficient (Wildman–Crippen LogP) is 0.724. The summed E-state index contributed by atoms with van der Waals surface area (Å²) in [5.41, 5.74) is 7.03. The molecular formula is C21H33ClN6O4. The minimum atomic E-state index is -0.479. The first-order valence-electron chi connectivity index (χ1n) is 10.5. The van der Waals surface area contributed by atoms with Crippen LogP contribution in [-0.4, -0.2) is 67.0 Å². The van der Waals surface area contributed by atoms with Crippen LogP contribution < -0.4 is 21.7 Å². The average Bonchev–Trinajstić information content (AvgIpc) is 2.76. The molecule has 11 heteroatoms. The molecule has 1 atom stereocenters. The average molecular weight is 469 g/mol. The van der Waals surface area contributed by atoms with Crippen molar-refractivity contribution in [1.29, 1.82) is 5.41 Å². The minimum Gasteiger partial charge on any atom is -0.450 e. The number of piperidine rings is 1. The highest BCUT2D eigenvalue weighted by atomic mass is 35.5. The molecule has 1 aliphatic rings. The van der Waals surface area contributed by atoms with E-state index in [-0.39, 0.29) is 48.7 Å². The maximum absolute atomic E-state index is 12.2. The molecule has 1 fully saturated rings. The Balaban J connectivity index is 0.00000512. The van der Waals surface area contributed by atoms with Gasteiger partial charge >= 0.3 is 6.09 Å². The van der Waals surface area contributed by atoms with E-state index < -0.39 is 6.04 Å². The van der Waals surface area contributed by atoms with E-state index in [0.29, 0.717) is 44.6 Å². The highest BCUT2D eigenvalue weighted by Crippen LogP contribution is 2.11. The number of likely N-dealkylation sites (tertiary alicyclic amines) is 1. The van der Waals surface area contributed by atoms with E-state index in [0.717, 1.165) is 5.56 Å². The Labute approximate surface area is 194 Å². The number of rotatable bonds is 9. The molecule has 0 radical (unpaired) electrons. The third-order valence-corrected chi connectivity index (χ3v) is 5.08. The molecule has 178 valence electrons. The fourth-order valence-electron chi connectivity index (χ4n) is 3.19. The molecule has 3 amide bonds. The van der Waals surface area contributed by atoms with E-state index >= 15 is 0 Å². The van der Waals surface area contributed by atoms with Gasteiger partial charge in [-0.3, -0.25) is 15.0 Å². The largest absolute Gasteiger partial charge is 0.450 e. The summed E-state index contributed by atoms with van der Waals surface area (Å²) >= 11 is 0. The fraction of sp³-hybridized carbons (Fsp3) is 0.524. The van der Waals surface area contributed by atoms with Gasteiger partial charge in [0.05, 0.1) is 19.2 Å². The number of amides is 3. The lowest BCUT2D eigenvalue weighted by Crippen LogP contribution is -2.50. The molecule has 1 aromatic carbocycles. The van der Waals surface area contributed by atoms with E-state index in [4.69, 9.17) is 15.9 Å². The van der Waals surface area contributed by atoms with E-state index in [1.165, 1.54) is 0 Å². The Bertz CT molecular complexity index is 781. The number of benzene rings is 1. The number of nitrogen functional groups attached to an aromatic ring is 1. The van der Waals surface area contributed by atoms with Crippen LogP contribution in [0.1, 0.15) is 37.8 Å². The molecule has 0 bridgehead atoms. The zero-order valence-electron chi connectivity index (χ0n) is 18.5. The summed E-state index contributed by atoms with van der Waals surface area (Å²) in [5.74, 6) is -0.516. The van der Waals surface area contributed by atoms with Gasteiger partial charge in [-0.15, -0.1) is 12.4 Å². The molecule has 1 unspecified atom stereocenters. The number of nitrogens with two attached hydrogens (primary N) is 1. The topological polar surface area (TPSA) is 150 Å². The third kappa shape index (κ3) is 8.72. The number of nitrogens with zero attached hydrogens (tertiary/aromatic N) is 1. The Hall–Kier alpha value is -2.85. The summed E-state index contributed by atoms with van der Waals surface area (Å²) < 4.78 is 4.98. The molecule has 0 aromatic heterocycles. The Morgan fingerprint density at radius 3 is 2.41 bits per heavy atom. The molecule has 32 heavy (non-hydrogen) atoms. The van der Waals surface area contributed by atoms with Crippen molar-refractivity contribution in [3.63, 3.8) is 0 Å². The van der Waals surface area contributed by atoms with Crippen molar-refractivity contribution in [3.05, 3.63) is 35.4 Å². The quantitative estimate of drug-likeness (QED) is 0.266. The maximum Gasteiger partial charge on any atom is 0.409 e. The Kier molecular flexibility index (Phi) is 11.5. The molecule has 0 aliphatic carbocycles. The lowest BCUT2D eigenvalue weighted by molar-refractivity contribution is -0.127. The summed E-state index contributed by atoms with van der Waals surface area (Å²) in [5, 5.41) is 16.0. The predicted molar refractivity (Wildman–Crippen MR) is 124 cm³/mol. The monoisotopic (exact) mass is 468 g/mol. The van der Waals surface area contributed by atoms with Crippen LogP contribution in [0, 0.1) is 5.41 Å². The molecule has 2 rings (SSSR count). The number of halogens is 1. The first-order valence-corrected chi connectivity index (χ1v) is 10.5. The standard InChI is InChI=1S/C21H32N6O4.ClH/c1-3-31-21(30)27-10-8-17(9-11-27)26-18(28)13-25-20(29)14(2)24-12-15-4-6-16(7-5-15)19(22)23;/h4-7,14,17,24H,3,8-13H2,1-2H3,(H3,22,23)(H,25,29)(H,26,28);1H. The summed E-state index contributed by atoms with van der Waals surface area (Å²) in [6, 6.07) is 6.69. The van der Waals surface area contributed by atoms with Gasteiger partial charge in [0.2, 0.25) is 11.8 Å². The Morgan fingerprint density at radius 1 is 1.22 bits per heavy atom. The van der Waals surface area contributed by atoms with E-state index in [9.17, 15) is 14.4 Å². The molecule has 1 aromatic rings. The number of carbonyl (C=O) groups excluding carboxylic acids is 3. The van der Waals surface area contributed by atoms with Crippen molar-refractivity contribution in [2.45, 2.75) is 45.3 Å². The summed E-state index contributed by atoms with van der Waals surface area (Å²) in [6.45, 7) is 5.27. The molecule has 1 aliphatic heterocycles. The normalized spacial score (nSPS) is 14.6. The smallest absolute Gasteiger partial charge is 0.409 e. The van der Waals surface area contributed by atoms with Gasteiger partial charge in [-0.1, -0.05) is 24.3 Å². The number of hydrogen-bond donors (Lipinski definition) is 5. The zero-order chi connectivity index (χ0) is 22.8. The van der Waals surface area contributed by atoms with E-state index in [1.54, 1.807) is 30.9 Å². The summed E-state index contributed by atoms with van der Waals surface area (Å²) in [7, 11) is 0. The number of carbonyl (C=O) groups is 3. The minimum absolute atomic E-state index is 0. The number of amidine groups is 1. The second-order valence-corrected chi connectivity index (χ2v) is 7.46. The molecule has 10 nitrogen and oxygen atoms in total. The second-order valence-electron chi connectivity index (χ2n) is 7.46. The van der Waals surface area contributed by atoms with Crippen LogP contribution in [-0.2, 0) is 20.9 Å². The van der Waals surface area contributed by atoms with Crippen LogP contribution in [0.2, 0.25) is 0 Å². The van der Waals surface area contributed by atoms with Crippen LogP contribution in [0.25, 0.3) is 0 Å². The molecular weight excluding hydrogens is 436 g/mol. The van der Waals surface area contributed by atoms with Gasteiger partial charge in [-0.25, -0.2) is 4.79 Å². The highest BCUT2D eigenvalue weighted by Gasteiger charge is 2.24. The first kappa shape index (κ1) is 27.2. The number of hydrogen-bond acceptors (Lipinski definition) is 6. The van der Waals surface area contributed by atoms with Crippen LogP contribution >= 0.6 is 12.4 Å². The lowest BCUT2D eigenvalue weighted by Gasteiger charge is -2.31. The van der Waals surface area contributed by atoms with Crippen LogP contribution in [0.4, 0.5) is 4.79 Å². The van der Waals surface area contributed by atoms with E-state index in [2.05, 4.69) is 16.0 Å². The van der Waals surface area contributed by atoms with Gasteiger partial charge in [0.25, 0.3) is 0 Å². The SMILES string of the molecule is CCOC(=O)N1CCC(NC(=O)CNC(=O)C(C)NCc2ccc(C(=N)N)cc2)CC1.Cl. The first-order chi connectivity index (χ1) is 14.8. The number of nitrogens with one attached hydrogen (secondary N) is 4. The van der Waals surface area contributed by atoms with Gasteiger partial charge in [-0.2, -0.15) is 0 Å². The van der Waals surface area contributed by atoms with Crippen LogP contribution in [0.3, 0.4) is 0 Å². The van der Waals surface area contributed by atoms with E-state index in [1.807, 2.05) is 12.1 Å². The van der Waals surface area contributed by atoms with Crippen molar-refractivity contribution in [1.82, 2.24) is 20.9 Å². The fourth-order valence-corrected chi connectivity index (χ4v) is 3.19. The van der Waals surface area contributed by atoms with Crippen molar-refractivity contribution in [3.8, 4) is 0 Å². The van der Waals surface area contributed by atoms with Crippen molar-refractivity contribution in [2.24, 2.45) is 5.73 Å². The van der Waals surface area contributed by atoms with Gasteiger partial charge in [0.15, 0.2) is 0 Å². The van der Waals surface area contributed by atoms with Crippen LogP contribution in [0.15, 0.2) is 24.3 Å². The van der Waals surface area contributed by atoms with Crippen molar-refractivity contribution in [2.75, 3.05) is 26.2 Å². The van der Waals surface area contributed by atoms with Gasteiger partial charge in [0.1, 0.15) is 5.84 Å². The second kappa shape index (κ2) is 13.5. The highest BCUT2D eigenvalue weighted by molar-refractivity contribution is 5.94. The zero-order valence-corrected chi connectivity index (χ0v) is 19.3. The third-order valence-electron chi connectivity index (χ3n) is 5.08. The Morgan fingerprint density at radius 2 is 1.84 bits per heavy atom. The van der Waals surface area contributed by atoms with Gasteiger partial charge in [-0.05, 0) is 32.3 Å².